The van der Waals surface area contributed by atoms with Crippen molar-refractivity contribution in [2.75, 3.05) is 18.4 Å². The molecule has 1 atom stereocenters. The number of amides is 2. The number of anilines is 1. The Labute approximate surface area is 139 Å². The van der Waals surface area contributed by atoms with Crippen LogP contribution in [0, 0.1) is 13.8 Å². The molecule has 1 aliphatic heterocycles. The van der Waals surface area contributed by atoms with E-state index >= 15 is 0 Å². The quantitative estimate of drug-likeness (QED) is 0.917. The molecular formula is C16H21FN6O. The fourth-order valence-corrected chi connectivity index (χ4v) is 2.92. The second kappa shape index (κ2) is 6.18. The highest BCUT2D eigenvalue weighted by Crippen LogP contribution is 2.25. The fourth-order valence-electron chi connectivity index (χ4n) is 2.92. The molecule has 1 fully saturated rings. The summed E-state index contributed by atoms with van der Waals surface area (Å²) in [4.78, 5) is 22.6. The molecule has 2 aromatic heterocycles. The van der Waals surface area contributed by atoms with Crippen molar-refractivity contribution in [1.82, 2.24) is 24.6 Å². The third kappa shape index (κ3) is 3.52. The molecule has 1 N–H and O–H groups in total. The lowest BCUT2D eigenvalue weighted by atomic mass is 9.97. The number of carbonyl (C=O) groups excluding carboxylic acids is 1. The Morgan fingerprint density at radius 3 is 2.71 bits per heavy atom. The summed E-state index contributed by atoms with van der Waals surface area (Å²) < 4.78 is 15.6. The van der Waals surface area contributed by atoms with Crippen molar-refractivity contribution < 1.29 is 9.18 Å². The van der Waals surface area contributed by atoms with Crippen LogP contribution in [0.1, 0.15) is 31.2 Å². The van der Waals surface area contributed by atoms with Crippen LogP contribution in [-0.4, -0.2) is 49.4 Å². The number of likely N-dealkylation sites (tertiary alicyclic amines) is 1. The van der Waals surface area contributed by atoms with Crippen LogP contribution in [-0.2, 0) is 0 Å². The zero-order valence-corrected chi connectivity index (χ0v) is 14.1. The standard InChI is InChI=1S/C16H21FN6O/c1-11-9-12(2)20-14(19-11)23-13(5-7-18-23)21-15(24)22-8-4-6-16(3,17)10-22/h5,7,9H,4,6,8,10H2,1-3H3,(H,21,24). The Morgan fingerprint density at radius 2 is 2.04 bits per heavy atom. The second-order valence-corrected chi connectivity index (χ2v) is 6.45. The molecule has 3 rings (SSSR count). The fraction of sp³-hybridized carbons (Fsp3) is 0.500. The maximum atomic E-state index is 14.1. The molecule has 2 aromatic rings. The summed E-state index contributed by atoms with van der Waals surface area (Å²) in [6.07, 6.45) is 2.69. The number of hydrogen-bond donors (Lipinski definition) is 1. The molecule has 7 nitrogen and oxygen atoms in total. The Morgan fingerprint density at radius 1 is 1.33 bits per heavy atom. The maximum Gasteiger partial charge on any atom is 0.323 e. The van der Waals surface area contributed by atoms with Crippen molar-refractivity contribution in [1.29, 1.82) is 0 Å². The monoisotopic (exact) mass is 332 g/mol. The number of carbonyl (C=O) groups is 1. The number of aromatic nitrogens is 4. The highest BCUT2D eigenvalue weighted by atomic mass is 19.1. The summed E-state index contributed by atoms with van der Waals surface area (Å²) >= 11 is 0. The van der Waals surface area contributed by atoms with E-state index in [2.05, 4.69) is 20.4 Å². The van der Waals surface area contributed by atoms with Crippen LogP contribution in [0.15, 0.2) is 18.3 Å². The minimum absolute atomic E-state index is 0.0903. The number of hydrogen-bond acceptors (Lipinski definition) is 4. The van der Waals surface area contributed by atoms with Gasteiger partial charge in [0.1, 0.15) is 11.5 Å². The third-order valence-corrected chi connectivity index (χ3v) is 3.97. The summed E-state index contributed by atoms with van der Waals surface area (Å²) in [5.74, 6) is 0.845. The van der Waals surface area contributed by atoms with Crippen LogP contribution in [0.25, 0.3) is 5.95 Å². The Kier molecular flexibility index (Phi) is 4.21. The predicted octanol–water partition coefficient (Wildman–Crippen LogP) is 2.64. The first-order valence-corrected chi connectivity index (χ1v) is 7.96. The van der Waals surface area contributed by atoms with E-state index in [1.54, 1.807) is 12.3 Å². The van der Waals surface area contributed by atoms with Gasteiger partial charge in [-0.05, 0) is 39.7 Å². The van der Waals surface area contributed by atoms with E-state index in [1.807, 2.05) is 19.9 Å². The molecule has 0 saturated carbocycles. The highest BCUT2D eigenvalue weighted by Gasteiger charge is 2.33. The van der Waals surface area contributed by atoms with Crippen molar-refractivity contribution in [3.8, 4) is 5.95 Å². The number of aryl methyl sites for hydroxylation is 2. The first-order chi connectivity index (χ1) is 11.3. The Bertz CT molecular complexity index is 737. The van der Waals surface area contributed by atoms with Gasteiger partial charge in [0.25, 0.3) is 5.95 Å². The summed E-state index contributed by atoms with van der Waals surface area (Å²) in [6, 6.07) is 3.18. The first-order valence-electron chi connectivity index (χ1n) is 7.96. The van der Waals surface area contributed by atoms with Gasteiger partial charge in [-0.2, -0.15) is 9.78 Å². The van der Waals surface area contributed by atoms with Crippen molar-refractivity contribution in [3.63, 3.8) is 0 Å². The summed E-state index contributed by atoms with van der Waals surface area (Å²) in [6.45, 7) is 5.90. The first kappa shape index (κ1) is 16.4. The average molecular weight is 332 g/mol. The van der Waals surface area contributed by atoms with Gasteiger partial charge in [-0.1, -0.05) is 0 Å². The van der Waals surface area contributed by atoms with E-state index in [0.717, 1.165) is 11.4 Å². The van der Waals surface area contributed by atoms with Crippen LogP contribution in [0.2, 0.25) is 0 Å². The topological polar surface area (TPSA) is 75.9 Å². The lowest BCUT2D eigenvalue weighted by Gasteiger charge is -2.34. The number of halogens is 1. The zero-order valence-electron chi connectivity index (χ0n) is 14.1. The van der Waals surface area contributed by atoms with Gasteiger partial charge in [0.15, 0.2) is 0 Å². The largest absolute Gasteiger partial charge is 0.323 e. The van der Waals surface area contributed by atoms with Crippen LogP contribution in [0.4, 0.5) is 15.0 Å². The van der Waals surface area contributed by atoms with Crippen molar-refractivity contribution >= 4 is 11.8 Å². The van der Waals surface area contributed by atoms with Crippen molar-refractivity contribution in [3.05, 3.63) is 29.7 Å². The van der Waals surface area contributed by atoms with Gasteiger partial charge in [-0.3, -0.25) is 5.32 Å². The Balaban J connectivity index is 1.79. The molecule has 0 spiro atoms. The van der Waals surface area contributed by atoms with Gasteiger partial charge in [0.2, 0.25) is 0 Å². The molecule has 24 heavy (non-hydrogen) atoms. The molecule has 1 unspecified atom stereocenters. The summed E-state index contributed by atoms with van der Waals surface area (Å²) in [7, 11) is 0. The Hall–Kier alpha value is -2.51. The molecule has 1 aliphatic rings. The number of piperidine rings is 1. The van der Waals surface area contributed by atoms with Crippen LogP contribution in [0.3, 0.4) is 0 Å². The van der Waals surface area contributed by atoms with Gasteiger partial charge in [-0.15, -0.1) is 0 Å². The smallest absolute Gasteiger partial charge is 0.321 e. The van der Waals surface area contributed by atoms with E-state index in [0.29, 0.717) is 31.2 Å². The van der Waals surface area contributed by atoms with E-state index in [9.17, 15) is 9.18 Å². The normalized spacial score (nSPS) is 20.9. The maximum absolute atomic E-state index is 14.1. The van der Waals surface area contributed by atoms with Gasteiger partial charge >= 0.3 is 6.03 Å². The summed E-state index contributed by atoms with van der Waals surface area (Å²) in [5.41, 5.74) is 0.288. The number of nitrogens with one attached hydrogen (secondary N) is 1. The number of rotatable bonds is 2. The molecule has 1 saturated heterocycles. The second-order valence-electron chi connectivity index (χ2n) is 6.45. The number of nitrogens with zero attached hydrogens (tertiary/aromatic N) is 5. The van der Waals surface area contributed by atoms with Crippen molar-refractivity contribution in [2.24, 2.45) is 0 Å². The molecule has 0 bridgehead atoms. The average Bonchev–Trinajstić information content (AvgIpc) is 2.93. The molecule has 0 aromatic carbocycles. The van der Waals surface area contributed by atoms with E-state index in [4.69, 9.17) is 0 Å². The van der Waals surface area contributed by atoms with Crippen molar-refractivity contribution in [2.45, 2.75) is 39.3 Å². The van der Waals surface area contributed by atoms with E-state index in [1.165, 1.54) is 16.5 Å². The van der Waals surface area contributed by atoms with Crippen LogP contribution in [0.5, 0.6) is 0 Å². The SMILES string of the molecule is Cc1cc(C)nc(-n2nccc2NC(=O)N2CCCC(C)(F)C2)n1. The molecule has 2 amide bonds. The van der Waals surface area contributed by atoms with Gasteiger partial charge in [-0.25, -0.2) is 19.2 Å². The molecule has 0 radical (unpaired) electrons. The van der Waals surface area contributed by atoms with E-state index in [-0.39, 0.29) is 12.6 Å². The minimum atomic E-state index is -1.34. The van der Waals surface area contributed by atoms with Crippen LogP contribution >= 0.6 is 0 Å². The highest BCUT2D eigenvalue weighted by molar-refractivity contribution is 5.88. The minimum Gasteiger partial charge on any atom is -0.321 e. The zero-order chi connectivity index (χ0) is 17.3. The van der Waals surface area contributed by atoms with Gasteiger partial charge in [0, 0.05) is 24.0 Å². The lowest BCUT2D eigenvalue weighted by Crippen LogP contribution is -2.48. The predicted molar refractivity (Wildman–Crippen MR) is 88.0 cm³/mol. The lowest BCUT2D eigenvalue weighted by molar-refractivity contribution is 0.0807. The molecule has 3 heterocycles. The number of alkyl halides is 1. The molecule has 8 heteroatoms. The molecular weight excluding hydrogens is 311 g/mol. The van der Waals surface area contributed by atoms with E-state index < -0.39 is 5.67 Å². The number of urea groups is 1. The van der Waals surface area contributed by atoms with Gasteiger partial charge in [0.05, 0.1) is 12.7 Å². The van der Waals surface area contributed by atoms with Gasteiger partial charge < -0.3 is 4.90 Å². The van der Waals surface area contributed by atoms with Crippen LogP contribution < -0.4 is 5.32 Å². The summed E-state index contributed by atoms with van der Waals surface area (Å²) in [5, 5.41) is 6.96. The molecule has 128 valence electrons. The molecule has 0 aliphatic carbocycles. The third-order valence-electron chi connectivity index (χ3n) is 3.97.